The number of hydrogen-bond donors (Lipinski definition) is 4. The number of carbonyl (C=O) groups is 5. The molecule has 0 aromatic carbocycles. The third kappa shape index (κ3) is 10.5. The van der Waals surface area contributed by atoms with Gasteiger partial charge in [-0.1, -0.05) is 60.3 Å². The minimum absolute atomic E-state index is 0.00757. The van der Waals surface area contributed by atoms with Gasteiger partial charge in [-0.3, -0.25) is 24.5 Å². The number of ketones is 1. The molecule has 5 amide bonds. The molecule has 1 aliphatic heterocycles. The summed E-state index contributed by atoms with van der Waals surface area (Å²) in [5.41, 5.74) is -1.79. The molecular formula is C35H55N5O7S. The maximum absolute atomic E-state index is 14.4. The molecule has 1 saturated carbocycles. The van der Waals surface area contributed by atoms with Gasteiger partial charge in [0.25, 0.3) is 0 Å². The van der Waals surface area contributed by atoms with E-state index in [0.717, 1.165) is 19.3 Å². The summed E-state index contributed by atoms with van der Waals surface area (Å²) in [5, 5.41) is 10.4. The predicted octanol–water partition coefficient (Wildman–Crippen LogP) is 2.66. The fourth-order valence-electron chi connectivity index (χ4n) is 6.23. The third-order valence-electron chi connectivity index (χ3n) is 9.46. The van der Waals surface area contributed by atoms with Crippen LogP contribution >= 0.6 is 0 Å². The van der Waals surface area contributed by atoms with Gasteiger partial charge < -0.3 is 20.9 Å². The average Bonchev–Trinajstić information content (AvgIpc) is 3.42. The second-order valence-electron chi connectivity index (χ2n) is 15.6. The van der Waals surface area contributed by atoms with Crippen molar-refractivity contribution >= 4 is 39.4 Å². The first kappa shape index (κ1) is 40.6. The third-order valence-corrected chi connectivity index (χ3v) is 12.3. The molecule has 0 bridgehead atoms. The molecule has 1 saturated heterocycles. The molecule has 0 aromatic heterocycles. The van der Waals surface area contributed by atoms with Crippen molar-refractivity contribution in [1.29, 1.82) is 0 Å². The lowest BCUT2D eigenvalue weighted by atomic mass is 9.83. The predicted molar refractivity (Wildman–Crippen MR) is 185 cm³/mol. The summed E-state index contributed by atoms with van der Waals surface area (Å²) in [6.07, 6.45) is 14.3. The monoisotopic (exact) mass is 689 g/mol. The molecule has 13 heteroatoms. The second kappa shape index (κ2) is 16.2. The SMILES string of the molecule is C#CCCC(NC(=O)C1CC(C(C)C)CN1C(=O)C(NC(=O)NC1(CS(=O)(=O)C(C)(C)C)CCCCC1)C(C)(C)C)C(=O)C(=O)NC#C. The largest absolute Gasteiger partial charge is 0.344 e. The highest BCUT2D eigenvalue weighted by Gasteiger charge is 2.47. The molecule has 0 radical (unpaired) electrons. The first-order valence-corrected chi connectivity index (χ1v) is 18.4. The number of nitrogens with zero attached hydrogens (tertiary/aromatic N) is 1. The van der Waals surface area contributed by atoms with Crippen LogP contribution in [0.5, 0.6) is 0 Å². The van der Waals surface area contributed by atoms with Crippen LogP contribution in [0, 0.1) is 42.1 Å². The van der Waals surface area contributed by atoms with Gasteiger partial charge in [0.15, 0.2) is 9.84 Å². The summed E-state index contributed by atoms with van der Waals surface area (Å²) in [7, 11) is -3.58. The van der Waals surface area contributed by atoms with Crippen LogP contribution in [-0.2, 0) is 29.0 Å². The van der Waals surface area contributed by atoms with Gasteiger partial charge in [0.05, 0.1) is 22.1 Å². The number of hydrogen-bond acceptors (Lipinski definition) is 7. The number of Topliss-reactive ketones (excluding diaryl/α,β-unsaturated/α-hetero) is 1. The van der Waals surface area contributed by atoms with E-state index >= 15 is 0 Å². The summed E-state index contributed by atoms with van der Waals surface area (Å²) < 4.78 is 25.5. The molecule has 0 aromatic rings. The van der Waals surface area contributed by atoms with Gasteiger partial charge in [-0.05, 0) is 63.7 Å². The Kier molecular flexibility index (Phi) is 13.7. The first-order chi connectivity index (χ1) is 22.1. The molecule has 268 valence electrons. The van der Waals surface area contributed by atoms with E-state index in [9.17, 15) is 32.4 Å². The Morgan fingerprint density at radius 1 is 0.958 bits per heavy atom. The number of amides is 5. The smallest absolute Gasteiger partial charge is 0.315 e. The minimum Gasteiger partial charge on any atom is -0.344 e. The normalized spacial score (nSPS) is 20.9. The Balaban J connectivity index is 2.38. The highest BCUT2D eigenvalue weighted by atomic mass is 32.2. The van der Waals surface area contributed by atoms with Gasteiger partial charge in [0, 0.05) is 19.0 Å². The zero-order valence-corrected chi connectivity index (χ0v) is 30.6. The van der Waals surface area contributed by atoms with Crippen LogP contribution in [0.3, 0.4) is 0 Å². The van der Waals surface area contributed by atoms with Crippen LogP contribution in [-0.4, -0.2) is 83.6 Å². The Morgan fingerprint density at radius 2 is 1.56 bits per heavy atom. The number of terminal acetylenes is 2. The molecule has 1 aliphatic carbocycles. The van der Waals surface area contributed by atoms with Gasteiger partial charge in [-0.15, -0.1) is 12.3 Å². The van der Waals surface area contributed by atoms with Gasteiger partial charge in [-0.2, -0.15) is 0 Å². The quantitative estimate of drug-likeness (QED) is 0.139. The summed E-state index contributed by atoms with van der Waals surface area (Å²) in [4.78, 5) is 68.2. The van der Waals surface area contributed by atoms with Crippen LogP contribution in [0.25, 0.3) is 0 Å². The van der Waals surface area contributed by atoms with Crippen LogP contribution in [0.2, 0.25) is 0 Å². The minimum atomic E-state index is -3.58. The van der Waals surface area contributed by atoms with Crippen molar-refractivity contribution < 1.29 is 32.4 Å². The van der Waals surface area contributed by atoms with Gasteiger partial charge >= 0.3 is 11.9 Å². The fourth-order valence-corrected chi connectivity index (χ4v) is 7.75. The molecule has 2 aliphatic rings. The Hall–Kier alpha value is -3.58. The van der Waals surface area contributed by atoms with Crippen LogP contribution in [0.4, 0.5) is 4.79 Å². The summed E-state index contributed by atoms with van der Waals surface area (Å²) in [6.45, 7) is 14.5. The molecule has 2 rings (SSSR count). The number of likely N-dealkylation sites (tertiary alicyclic amines) is 1. The Labute approximate surface area is 287 Å². The second-order valence-corrected chi connectivity index (χ2v) is 18.4. The van der Waals surface area contributed by atoms with Crippen molar-refractivity contribution in [2.24, 2.45) is 17.3 Å². The molecule has 2 fully saturated rings. The van der Waals surface area contributed by atoms with Crippen molar-refractivity contribution in [3.05, 3.63) is 0 Å². The lowest BCUT2D eigenvalue weighted by Gasteiger charge is -2.41. The Bertz CT molecular complexity index is 1410. The highest BCUT2D eigenvalue weighted by molar-refractivity contribution is 7.92. The molecule has 4 N–H and O–H groups in total. The van der Waals surface area contributed by atoms with E-state index in [2.05, 4.69) is 21.9 Å². The lowest BCUT2D eigenvalue weighted by Crippen LogP contribution is -2.63. The zero-order chi connectivity index (χ0) is 36.7. The van der Waals surface area contributed by atoms with E-state index in [0.29, 0.717) is 19.3 Å². The molecule has 12 nitrogen and oxygen atoms in total. The highest BCUT2D eigenvalue weighted by Crippen LogP contribution is 2.34. The van der Waals surface area contributed by atoms with Crippen molar-refractivity contribution in [3.63, 3.8) is 0 Å². The molecule has 48 heavy (non-hydrogen) atoms. The van der Waals surface area contributed by atoms with E-state index < -0.39 is 73.2 Å². The molecule has 0 spiro atoms. The molecular weight excluding hydrogens is 634 g/mol. The zero-order valence-electron chi connectivity index (χ0n) is 29.8. The summed E-state index contributed by atoms with van der Waals surface area (Å²) >= 11 is 0. The van der Waals surface area contributed by atoms with E-state index in [1.807, 2.05) is 25.2 Å². The number of rotatable bonds is 12. The fraction of sp³-hybridized carbons (Fsp3) is 0.743. The lowest BCUT2D eigenvalue weighted by molar-refractivity contribution is -0.143. The summed E-state index contributed by atoms with van der Waals surface area (Å²) in [6, 6.07) is -2.08. The van der Waals surface area contributed by atoms with E-state index in [-0.39, 0.29) is 37.0 Å². The number of urea groups is 1. The maximum atomic E-state index is 14.4. The number of carbonyl (C=O) groups excluding carboxylic acids is 5. The van der Waals surface area contributed by atoms with Crippen molar-refractivity contribution in [2.45, 2.75) is 135 Å². The standard InChI is InChI=1S/C35H55N5O7S/c1-11-13-17-25(27(41)30(43)36-12-2)37-29(42)26-20-24(23(3)4)21-40(26)31(44)28(33(5,6)7)38-32(45)39-35(18-15-14-16-19-35)22-48(46,47)34(8,9)10/h1-2,23-26,28H,13-22H2,3-10H3,(H,36,43)(H,37,42)(H2,38,39,45). The maximum Gasteiger partial charge on any atom is 0.315 e. The topological polar surface area (TPSA) is 171 Å². The van der Waals surface area contributed by atoms with Crippen LogP contribution in [0.1, 0.15) is 107 Å². The molecule has 4 atom stereocenters. The molecule has 1 heterocycles. The van der Waals surface area contributed by atoms with Crippen molar-refractivity contribution in [2.75, 3.05) is 12.3 Å². The first-order valence-electron chi connectivity index (χ1n) is 16.7. The number of sulfone groups is 1. The van der Waals surface area contributed by atoms with E-state index in [4.69, 9.17) is 12.8 Å². The van der Waals surface area contributed by atoms with Crippen molar-refractivity contribution in [3.8, 4) is 24.8 Å². The number of nitrogens with one attached hydrogen (secondary N) is 4. The van der Waals surface area contributed by atoms with E-state index in [1.54, 1.807) is 41.5 Å². The van der Waals surface area contributed by atoms with Crippen molar-refractivity contribution in [1.82, 2.24) is 26.2 Å². The van der Waals surface area contributed by atoms with Crippen LogP contribution in [0.15, 0.2) is 0 Å². The average molecular weight is 690 g/mol. The Morgan fingerprint density at radius 3 is 2.06 bits per heavy atom. The van der Waals surface area contributed by atoms with Gasteiger partial charge in [0.1, 0.15) is 12.1 Å². The molecule has 4 unspecified atom stereocenters. The van der Waals surface area contributed by atoms with Gasteiger partial charge in [-0.25, -0.2) is 13.2 Å². The summed E-state index contributed by atoms with van der Waals surface area (Å²) in [5.74, 6) is -0.894. The van der Waals surface area contributed by atoms with Gasteiger partial charge in [0.2, 0.25) is 17.6 Å². The van der Waals surface area contributed by atoms with E-state index in [1.165, 1.54) is 4.90 Å². The van der Waals surface area contributed by atoms with Crippen LogP contribution < -0.4 is 21.3 Å².